The monoisotopic (exact) mass is 379 g/mol. The summed E-state index contributed by atoms with van der Waals surface area (Å²) in [7, 11) is 0. The molecule has 0 spiro atoms. The Balaban J connectivity index is 1.56. The number of hydrogen-bond donors (Lipinski definition) is 1. The fourth-order valence-electron chi connectivity index (χ4n) is 2.73. The molecule has 1 N–H and O–H groups in total. The Kier molecular flexibility index (Phi) is 5.40. The van der Waals surface area contributed by atoms with Gasteiger partial charge in [-0.3, -0.25) is 4.79 Å². The van der Waals surface area contributed by atoms with Crippen molar-refractivity contribution in [3.8, 4) is 11.5 Å². The molecule has 0 radical (unpaired) electrons. The van der Waals surface area contributed by atoms with Crippen LogP contribution in [0.5, 0.6) is 11.5 Å². The molecule has 0 aliphatic carbocycles. The van der Waals surface area contributed by atoms with Crippen molar-refractivity contribution in [1.82, 2.24) is 5.32 Å². The van der Waals surface area contributed by atoms with E-state index in [0.717, 1.165) is 17.7 Å². The van der Waals surface area contributed by atoms with Crippen LogP contribution in [0.3, 0.4) is 0 Å². The van der Waals surface area contributed by atoms with E-state index >= 15 is 0 Å². The van der Waals surface area contributed by atoms with E-state index < -0.39 is 6.10 Å². The average molecular weight is 380 g/mol. The molecule has 0 bridgehead atoms. The van der Waals surface area contributed by atoms with Crippen LogP contribution in [0.25, 0.3) is 0 Å². The fourth-order valence-corrected chi connectivity index (χ4v) is 3.19. The minimum Gasteiger partial charge on any atom is -0.490 e. The molecule has 1 amide bonds. The van der Waals surface area contributed by atoms with Gasteiger partial charge in [0.2, 0.25) is 0 Å². The van der Waals surface area contributed by atoms with E-state index in [-0.39, 0.29) is 12.0 Å². The molecule has 1 aliphatic rings. The maximum Gasteiger partial charge on any atom is 0.261 e. The van der Waals surface area contributed by atoms with Gasteiger partial charge in [-0.1, -0.05) is 35.3 Å². The number of carbonyl (C=O) groups is 1. The van der Waals surface area contributed by atoms with Gasteiger partial charge < -0.3 is 14.8 Å². The third-order valence-electron chi connectivity index (χ3n) is 3.99. The summed E-state index contributed by atoms with van der Waals surface area (Å²) in [4.78, 5) is 12.3. The van der Waals surface area contributed by atoms with E-state index in [2.05, 4.69) is 11.4 Å². The Hall–Kier alpha value is -1.91. The van der Waals surface area contributed by atoms with Crippen LogP contribution in [0.4, 0.5) is 0 Å². The second-order valence-electron chi connectivity index (χ2n) is 6.13. The molecule has 2 aromatic rings. The topological polar surface area (TPSA) is 47.6 Å². The summed E-state index contributed by atoms with van der Waals surface area (Å²) in [6, 6.07) is 10.9. The molecule has 2 unspecified atom stereocenters. The van der Waals surface area contributed by atoms with Gasteiger partial charge in [-0.2, -0.15) is 0 Å². The maximum absolute atomic E-state index is 12.3. The fraction of sp³-hybridized carbons (Fsp3) is 0.316. The van der Waals surface area contributed by atoms with Gasteiger partial charge in [0.15, 0.2) is 6.10 Å². The zero-order chi connectivity index (χ0) is 18.0. The Bertz CT molecular complexity index is 794. The smallest absolute Gasteiger partial charge is 0.261 e. The molecular formula is C19H19Cl2NO3. The molecule has 2 aromatic carbocycles. The molecule has 0 fully saturated rings. The van der Waals surface area contributed by atoms with Crippen molar-refractivity contribution in [1.29, 1.82) is 0 Å². The van der Waals surface area contributed by atoms with E-state index in [0.29, 0.717) is 22.3 Å². The Morgan fingerprint density at radius 2 is 2.12 bits per heavy atom. The van der Waals surface area contributed by atoms with E-state index in [1.807, 2.05) is 19.1 Å². The molecular weight excluding hydrogens is 361 g/mol. The van der Waals surface area contributed by atoms with Crippen molar-refractivity contribution >= 4 is 29.1 Å². The summed E-state index contributed by atoms with van der Waals surface area (Å²) in [6.45, 7) is 4.16. The summed E-state index contributed by atoms with van der Waals surface area (Å²) in [5.41, 5.74) is 2.21. The quantitative estimate of drug-likeness (QED) is 0.837. The number of carbonyl (C=O) groups excluding carboxylic acids is 1. The lowest BCUT2D eigenvalue weighted by Gasteiger charge is -2.16. The number of nitrogens with one attached hydrogen (secondary N) is 1. The molecule has 25 heavy (non-hydrogen) atoms. The first kappa shape index (κ1) is 17.9. The minimum absolute atomic E-state index is 0.206. The molecule has 2 atom stereocenters. The summed E-state index contributed by atoms with van der Waals surface area (Å²) >= 11 is 11.9. The van der Waals surface area contributed by atoms with Crippen molar-refractivity contribution in [2.24, 2.45) is 0 Å². The van der Waals surface area contributed by atoms with Crippen molar-refractivity contribution in [2.45, 2.75) is 39.0 Å². The number of rotatable bonds is 5. The summed E-state index contributed by atoms with van der Waals surface area (Å²) in [5, 5.41) is 3.77. The highest BCUT2D eigenvalue weighted by atomic mass is 35.5. The molecule has 0 saturated carbocycles. The Morgan fingerprint density at radius 1 is 1.32 bits per heavy atom. The summed E-state index contributed by atoms with van der Waals surface area (Å²) in [5.74, 6) is 1.14. The number of fused-ring (bicyclic) bond motifs is 1. The van der Waals surface area contributed by atoms with Gasteiger partial charge in [-0.05, 0) is 49.2 Å². The standard InChI is InChI=1S/C19H19Cl2NO3/c1-11-7-14-8-13(3-5-17(14)24-11)10-22-19(23)12(2)25-18-6-4-15(20)9-16(18)21/h3-6,8-9,11-12H,7,10H2,1-2H3,(H,22,23). The SMILES string of the molecule is CC1Cc2cc(CNC(=O)C(C)Oc3ccc(Cl)cc3Cl)ccc2O1. The highest BCUT2D eigenvalue weighted by Crippen LogP contribution is 2.30. The first-order chi connectivity index (χ1) is 11.9. The van der Waals surface area contributed by atoms with Gasteiger partial charge in [0.1, 0.15) is 17.6 Å². The van der Waals surface area contributed by atoms with Crippen LogP contribution < -0.4 is 14.8 Å². The van der Waals surface area contributed by atoms with Crippen LogP contribution >= 0.6 is 23.2 Å². The van der Waals surface area contributed by atoms with Crippen LogP contribution in [0, 0.1) is 0 Å². The zero-order valence-electron chi connectivity index (χ0n) is 14.0. The largest absolute Gasteiger partial charge is 0.490 e. The molecule has 3 rings (SSSR count). The minimum atomic E-state index is -0.670. The predicted molar refractivity (Wildman–Crippen MR) is 98.6 cm³/mol. The van der Waals surface area contributed by atoms with Gasteiger partial charge in [-0.25, -0.2) is 0 Å². The molecule has 1 aliphatic heterocycles. The third kappa shape index (κ3) is 4.39. The second-order valence-corrected chi connectivity index (χ2v) is 6.97. The molecule has 0 saturated heterocycles. The van der Waals surface area contributed by atoms with Crippen LogP contribution in [-0.4, -0.2) is 18.1 Å². The highest BCUT2D eigenvalue weighted by molar-refractivity contribution is 6.35. The van der Waals surface area contributed by atoms with Crippen molar-refractivity contribution in [3.05, 3.63) is 57.6 Å². The van der Waals surface area contributed by atoms with Gasteiger partial charge in [0, 0.05) is 18.0 Å². The van der Waals surface area contributed by atoms with Gasteiger partial charge in [-0.15, -0.1) is 0 Å². The van der Waals surface area contributed by atoms with Gasteiger partial charge in [0.05, 0.1) is 5.02 Å². The number of hydrogen-bond acceptors (Lipinski definition) is 3. The normalized spacial score (nSPS) is 16.7. The van der Waals surface area contributed by atoms with Gasteiger partial charge >= 0.3 is 0 Å². The Morgan fingerprint density at radius 3 is 2.88 bits per heavy atom. The van der Waals surface area contributed by atoms with Crippen LogP contribution in [0.15, 0.2) is 36.4 Å². The van der Waals surface area contributed by atoms with Gasteiger partial charge in [0.25, 0.3) is 5.91 Å². The van der Waals surface area contributed by atoms with Crippen LogP contribution in [0.2, 0.25) is 10.0 Å². The van der Waals surface area contributed by atoms with E-state index in [9.17, 15) is 4.79 Å². The molecule has 0 aromatic heterocycles. The van der Waals surface area contributed by atoms with Crippen molar-refractivity contribution in [2.75, 3.05) is 0 Å². The molecule has 4 nitrogen and oxygen atoms in total. The first-order valence-electron chi connectivity index (χ1n) is 8.10. The lowest BCUT2D eigenvalue weighted by Crippen LogP contribution is -2.35. The highest BCUT2D eigenvalue weighted by Gasteiger charge is 2.20. The zero-order valence-corrected chi connectivity index (χ0v) is 15.5. The number of amides is 1. The van der Waals surface area contributed by atoms with E-state index in [1.54, 1.807) is 25.1 Å². The van der Waals surface area contributed by atoms with Crippen molar-refractivity contribution < 1.29 is 14.3 Å². The number of ether oxygens (including phenoxy) is 2. The summed E-state index contributed by atoms with van der Waals surface area (Å²) in [6.07, 6.45) is 0.431. The third-order valence-corrected chi connectivity index (χ3v) is 4.52. The lowest BCUT2D eigenvalue weighted by atomic mass is 10.1. The molecule has 6 heteroatoms. The average Bonchev–Trinajstić information content (AvgIpc) is 2.94. The van der Waals surface area contributed by atoms with Crippen molar-refractivity contribution in [3.63, 3.8) is 0 Å². The Labute approximate surface area is 157 Å². The van der Waals surface area contributed by atoms with Crippen LogP contribution in [0.1, 0.15) is 25.0 Å². The molecule has 1 heterocycles. The first-order valence-corrected chi connectivity index (χ1v) is 8.86. The number of halogens is 2. The number of benzene rings is 2. The summed E-state index contributed by atoms with van der Waals surface area (Å²) < 4.78 is 11.3. The lowest BCUT2D eigenvalue weighted by molar-refractivity contribution is -0.127. The second kappa shape index (κ2) is 7.54. The predicted octanol–water partition coefficient (Wildman–Crippen LogP) is 4.40. The van der Waals surface area contributed by atoms with Crippen LogP contribution in [-0.2, 0) is 17.8 Å². The molecule has 132 valence electrons. The van der Waals surface area contributed by atoms with E-state index in [1.165, 1.54) is 5.56 Å². The maximum atomic E-state index is 12.3. The van der Waals surface area contributed by atoms with E-state index in [4.69, 9.17) is 32.7 Å².